The van der Waals surface area contributed by atoms with Crippen LogP contribution in [0, 0.1) is 5.92 Å². The summed E-state index contributed by atoms with van der Waals surface area (Å²) in [7, 11) is 1.49. The van der Waals surface area contributed by atoms with Gasteiger partial charge in [0.15, 0.2) is 36.2 Å². The van der Waals surface area contributed by atoms with Gasteiger partial charge in [-0.15, -0.1) is 0 Å². The standard InChI is InChI=1S/C73H89ClN10O26/c1-27(2)16-39(78-7)64(95)83-54-56(90)30-8-12-35(13-9-30)105-44-19-33-20-45(60(44)110-71-61(58(92)57(91)46(26-85)107-71)109-49-25-73(6,77)63(94)29(4)104-49)106-43-15-11-32(18-38(43)74)59(108-48-24-72(5,76)62(93)28(3)103-48)55-69(100)82-53(70(101)102)37-21-34(86)22-42(88)50(37)36-17-31(10-14-41(36)87)51(66(97)84-55)81-67(98)52(33)80-65(96)40(23-47(75)89)79-68(54)99/h8-15,17-22,27-29,39-40,46,48-49,51-59,61-63,71,78,85-88,90-94H,16,23-26,76-77H2,1-7H3,(H2,75,89)(H,79,99)(H,80,96)(H,81,98)(H,82,100)(H,83,95)(H,84,97)(H,101,102)/t28-,29-,39+,40-,46+,48+,49+,51+,52-,53+,54-,55-,56-,57+,58+,59+,61+,62-,63-,71+,72-,73-/m1/s1. The lowest BCUT2D eigenvalue weighted by molar-refractivity contribution is -0.333. The molecule has 8 heterocycles. The van der Waals surface area contributed by atoms with Gasteiger partial charge in [-0.25, -0.2) is 4.79 Å². The Kier molecular flexibility index (Phi) is 24.2. The number of carboxylic acids is 1. The first kappa shape index (κ1) is 81.4. The van der Waals surface area contributed by atoms with Crippen molar-refractivity contribution in [3.05, 3.63) is 118 Å². The summed E-state index contributed by atoms with van der Waals surface area (Å²) in [5.74, 6) is -15.5. The lowest BCUT2D eigenvalue weighted by atomic mass is 9.86. The van der Waals surface area contributed by atoms with Gasteiger partial charge in [0.25, 0.3) is 0 Å². The molecule has 5 aromatic rings. The molecule has 0 saturated carbocycles. The lowest BCUT2D eigenvalue weighted by Crippen LogP contribution is -2.64. The molecule has 0 aliphatic carbocycles. The van der Waals surface area contributed by atoms with Crippen molar-refractivity contribution in [2.24, 2.45) is 23.1 Å². The first-order chi connectivity index (χ1) is 51.8. The van der Waals surface area contributed by atoms with Crippen LogP contribution in [0.5, 0.6) is 46.0 Å². The van der Waals surface area contributed by atoms with Gasteiger partial charge in [0.1, 0.15) is 89.5 Å². The molecule has 110 heavy (non-hydrogen) atoms. The van der Waals surface area contributed by atoms with E-state index in [4.69, 9.17) is 66.7 Å². The molecule has 11 bridgehead atoms. The topological polar surface area (TPSA) is 575 Å². The van der Waals surface area contributed by atoms with Crippen molar-refractivity contribution in [1.29, 1.82) is 0 Å². The summed E-state index contributed by atoms with van der Waals surface area (Å²) in [4.78, 5) is 120. The first-order valence-electron chi connectivity index (χ1n) is 35.2. The molecule has 37 heteroatoms. The number of phenolic OH excluding ortho intramolecular Hbond substituents is 3. The van der Waals surface area contributed by atoms with Gasteiger partial charge < -0.3 is 143 Å². The van der Waals surface area contributed by atoms with E-state index in [1.54, 1.807) is 0 Å². The number of aliphatic hydroxyl groups is 6. The second-order valence-corrected chi connectivity index (χ2v) is 29.5. The van der Waals surface area contributed by atoms with Crippen molar-refractivity contribution in [3.63, 3.8) is 0 Å². The Hall–Kier alpha value is -9.61. The second kappa shape index (κ2) is 32.8. The van der Waals surface area contributed by atoms with E-state index < -0.39 is 255 Å². The average Bonchev–Trinajstić information content (AvgIpc) is 0.766. The normalized spacial score (nSPS) is 32.2. The number of amides is 7. The number of aromatic hydroxyl groups is 3. The number of nitrogens with two attached hydrogens (primary N) is 3. The number of fused-ring (bicyclic) bond motifs is 15. The molecule has 13 rings (SSSR count). The summed E-state index contributed by atoms with van der Waals surface area (Å²) in [5, 5.41) is 132. The van der Waals surface area contributed by atoms with E-state index in [9.17, 15) is 70.2 Å². The maximum absolute atomic E-state index is 16.3. The summed E-state index contributed by atoms with van der Waals surface area (Å²) >= 11 is 7.34. The van der Waals surface area contributed by atoms with Gasteiger partial charge in [-0.05, 0) is 124 Å². The van der Waals surface area contributed by atoms with Crippen LogP contribution in [0.2, 0.25) is 5.02 Å². The van der Waals surface area contributed by atoms with Gasteiger partial charge in [0.05, 0.1) is 48.5 Å². The van der Waals surface area contributed by atoms with Crippen molar-refractivity contribution >= 4 is 58.9 Å². The largest absolute Gasteiger partial charge is 0.508 e. The van der Waals surface area contributed by atoms with Crippen molar-refractivity contribution in [3.8, 4) is 57.1 Å². The average molecular weight is 1560 g/mol. The Balaban J connectivity index is 1.18. The Morgan fingerprint density at radius 3 is 1.87 bits per heavy atom. The molecule has 3 fully saturated rings. The minimum absolute atomic E-state index is 0.0558. The zero-order valence-corrected chi connectivity index (χ0v) is 61.1. The highest BCUT2D eigenvalue weighted by atomic mass is 35.5. The number of hydrogen-bond acceptors (Lipinski definition) is 28. The van der Waals surface area contributed by atoms with Gasteiger partial charge in [0.2, 0.25) is 53.4 Å². The van der Waals surface area contributed by atoms with Gasteiger partial charge >= 0.3 is 5.97 Å². The summed E-state index contributed by atoms with van der Waals surface area (Å²) in [6.45, 7) is 8.65. The Morgan fingerprint density at radius 1 is 0.673 bits per heavy atom. The minimum Gasteiger partial charge on any atom is -0.508 e. The van der Waals surface area contributed by atoms with E-state index in [1.165, 1.54) is 77.2 Å². The van der Waals surface area contributed by atoms with Crippen molar-refractivity contribution in [2.45, 2.75) is 201 Å². The zero-order valence-electron chi connectivity index (χ0n) is 60.4. The molecule has 8 aliphatic rings. The number of rotatable bonds is 15. The zero-order chi connectivity index (χ0) is 80.0. The van der Waals surface area contributed by atoms with Crippen LogP contribution in [0.15, 0.2) is 84.9 Å². The van der Waals surface area contributed by atoms with Crippen molar-refractivity contribution < 1.29 is 127 Å². The number of phenols is 3. The van der Waals surface area contributed by atoms with Crippen LogP contribution in [-0.2, 0) is 62.0 Å². The fraction of sp³-hybridized carbons (Fsp3) is 0.479. The predicted octanol–water partition coefficient (Wildman–Crippen LogP) is -0.310. The Labute approximate surface area is 633 Å². The van der Waals surface area contributed by atoms with E-state index >= 15 is 19.2 Å². The lowest BCUT2D eigenvalue weighted by Gasteiger charge is -2.47. The number of nitrogens with one attached hydrogen (secondary N) is 7. The minimum atomic E-state index is -2.34. The van der Waals surface area contributed by atoms with Crippen LogP contribution < -0.4 is 68.6 Å². The number of hydrogen-bond donors (Lipinski definition) is 20. The molecule has 23 N–H and O–H groups in total. The number of benzene rings is 5. The molecular weight excluding hydrogens is 1470 g/mol. The summed E-state index contributed by atoms with van der Waals surface area (Å²) < 4.78 is 51.7. The SMILES string of the molecule is CN[C@@H](CC(C)C)C(=O)N[C@H]1C(=O)N[C@H](CC(N)=O)C(=O)N[C@H]2C(=O)N[C@@H]3C(=O)N[C@@H](C(=O)N[C@H](C(=O)O)c4cc(O)cc(O)c4-c4cc3ccc4O)[C@@H](O[C@H]3C[C@@](C)(N)[C@H](O)[C@@H](C)O3)c3ccc(c(Cl)c3)Oc3cc2cc(c3O[C@@H]2O[C@@H](CO)[C@H](O)[C@H](O)[C@@H]2O[C@H]2C[C@@](C)(N)[C@H](O)[C@@H](C)O2)Oc2ccc(cc2)[C@H]1O. The highest BCUT2D eigenvalue weighted by Crippen LogP contribution is 2.50. The van der Waals surface area contributed by atoms with Gasteiger partial charge in [-0.3, -0.25) is 33.6 Å². The Morgan fingerprint density at radius 2 is 1.27 bits per heavy atom. The quantitative estimate of drug-likeness (QED) is 0.0639. The fourth-order valence-electron chi connectivity index (χ4n) is 14.2. The smallest absolute Gasteiger partial charge is 0.330 e. The second-order valence-electron chi connectivity index (χ2n) is 29.1. The van der Waals surface area contributed by atoms with Crippen molar-refractivity contribution in [2.75, 3.05) is 13.7 Å². The van der Waals surface area contributed by atoms with Gasteiger partial charge in [0, 0.05) is 46.7 Å². The molecule has 3 saturated heterocycles. The maximum Gasteiger partial charge on any atom is 0.330 e. The van der Waals surface area contributed by atoms with Crippen LogP contribution >= 0.6 is 11.6 Å². The van der Waals surface area contributed by atoms with E-state index in [-0.39, 0.29) is 53.4 Å². The fourth-order valence-corrected chi connectivity index (χ4v) is 14.4. The van der Waals surface area contributed by atoms with Crippen LogP contribution in [0.4, 0.5) is 0 Å². The summed E-state index contributed by atoms with van der Waals surface area (Å²) in [6, 6.07) is 1.50. The number of aliphatic carboxylic acids is 1. The molecule has 0 spiro atoms. The van der Waals surface area contributed by atoms with E-state index in [2.05, 4.69) is 37.2 Å². The van der Waals surface area contributed by atoms with Crippen LogP contribution in [-0.4, -0.2) is 215 Å². The maximum atomic E-state index is 16.3. The number of carbonyl (C=O) groups excluding carboxylic acids is 7. The summed E-state index contributed by atoms with van der Waals surface area (Å²) in [6.07, 6.45) is -22.4. The number of likely N-dealkylation sites (N-methyl/N-ethyl adjacent to an activating group) is 1. The van der Waals surface area contributed by atoms with E-state index in [1.807, 2.05) is 13.8 Å². The number of primary amides is 1. The van der Waals surface area contributed by atoms with E-state index in [0.29, 0.717) is 0 Å². The van der Waals surface area contributed by atoms with Crippen LogP contribution in [0.3, 0.4) is 0 Å². The van der Waals surface area contributed by atoms with E-state index in [0.717, 1.165) is 42.5 Å². The van der Waals surface area contributed by atoms with Crippen LogP contribution in [0.25, 0.3) is 11.1 Å². The summed E-state index contributed by atoms with van der Waals surface area (Å²) in [5.41, 5.74) is 13.5. The van der Waals surface area contributed by atoms with Gasteiger partial charge in [-0.1, -0.05) is 49.7 Å². The highest BCUT2D eigenvalue weighted by molar-refractivity contribution is 6.32. The molecule has 594 valence electrons. The predicted molar refractivity (Wildman–Crippen MR) is 381 cm³/mol. The number of halogens is 1. The highest BCUT2D eigenvalue weighted by Gasteiger charge is 2.52. The number of aliphatic hydroxyl groups excluding tert-OH is 6. The van der Waals surface area contributed by atoms with Crippen molar-refractivity contribution in [1.82, 2.24) is 37.2 Å². The van der Waals surface area contributed by atoms with Crippen LogP contribution in [0.1, 0.15) is 125 Å². The Bertz CT molecular complexity index is 4350. The molecule has 7 amide bonds. The molecule has 0 unspecified atom stereocenters. The monoisotopic (exact) mass is 1560 g/mol. The number of carbonyl (C=O) groups is 8. The number of ether oxygens (including phenoxy) is 8. The third-order valence-electron chi connectivity index (χ3n) is 20.1. The number of carboxylic acid groups (broad SMARTS) is 1. The third kappa shape index (κ3) is 17.3. The first-order valence-corrected chi connectivity index (χ1v) is 35.6. The molecule has 0 radical (unpaired) electrons. The molecular formula is C73H89ClN10O26. The van der Waals surface area contributed by atoms with Gasteiger partial charge in [-0.2, -0.15) is 0 Å². The molecule has 36 nitrogen and oxygen atoms in total. The molecule has 22 atom stereocenters. The molecule has 0 aromatic heterocycles. The third-order valence-corrected chi connectivity index (χ3v) is 20.4. The molecule has 5 aromatic carbocycles. The molecule has 8 aliphatic heterocycles.